The van der Waals surface area contributed by atoms with Crippen LogP contribution in [0.25, 0.3) is 0 Å². The van der Waals surface area contributed by atoms with Crippen LogP contribution in [0.4, 0.5) is 18.0 Å². The van der Waals surface area contributed by atoms with Crippen molar-refractivity contribution in [2.24, 2.45) is 4.99 Å². The lowest BCUT2D eigenvalue weighted by molar-refractivity contribution is -0.137. The maximum absolute atomic E-state index is 13.0. The summed E-state index contributed by atoms with van der Waals surface area (Å²) < 4.78 is 39.0. The molecule has 11 heteroatoms. The Kier molecular flexibility index (Phi) is 10.0. The lowest BCUT2D eigenvalue weighted by Crippen LogP contribution is -2.55. The molecule has 2 amide bonds. The number of piperidine rings is 3. The molecule has 4 rings (SSSR count). The maximum Gasteiger partial charge on any atom is 0.416 e. The molecular formula is C30H42F3N5O3. The Hall–Kier alpha value is -3.05. The molecule has 0 aromatic heterocycles. The monoisotopic (exact) mass is 577 g/mol. The number of phenolic OH excluding ortho intramolecular Hbond substituents is 1. The van der Waals surface area contributed by atoms with E-state index in [0.717, 1.165) is 64.0 Å². The first-order valence-electron chi connectivity index (χ1n) is 14.4. The van der Waals surface area contributed by atoms with Gasteiger partial charge in [-0.1, -0.05) is 6.58 Å². The van der Waals surface area contributed by atoms with Crippen LogP contribution in [0.15, 0.2) is 47.1 Å². The van der Waals surface area contributed by atoms with Crippen molar-refractivity contribution in [3.63, 3.8) is 0 Å². The highest BCUT2D eigenvalue weighted by atomic mass is 19.4. The third-order valence-electron chi connectivity index (χ3n) is 8.40. The number of aromatic hydroxyl groups is 1. The van der Waals surface area contributed by atoms with E-state index in [1.165, 1.54) is 13.1 Å². The molecule has 0 radical (unpaired) electrons. The second-order valence-corrected chi connectivity index (χ2v) is 11.4. The summed E-state index contributed by atoms with van der Waals surface area (Å²) >= 11 is 0. The molecule has 3 fully saturated rings. The zero-order chi connectivity index (χ0) is 29.7. The van der Waals surface area contributed by atoms with Crippen LogP contribution < -0.4 is 5.32 Å². The quantitative estimate of drug-likeness (QED) is 0.345. The van der Waals surface area contributed by atoms with Gasteiger partial charge in [-0.25, -0.2) is 4.79 Å². The van der Waals surface area contributed by atoms with Crippen molar-refractivity contribution in [3.05, 3.63) is 53.3 Å². The van der Waals surface area contributed by atoms with E-state index in [9.17, 15) is 28.2 Å². The molecule has 226 valence electrons. The first kappa shape index (κ1) is 30.9. The lowest BCUT2D eigenvalue weighted by atomic mass is 9.97. The molecule has 0 bridgehead atoms. The van der Waals surface area contributed by atoms with Crippen molar-refractivity contribution < 1.29 is 28.2 Å². The number of aliphatic hydroxyl groups excluding tert-OH is 1. The second-order valence-electron chi connectivity index (χ2n) is 11.4. The first-order valence-corrected chi connectivity index (χ1v) is 14.4. The van der Waals surface area contributed by atoms with Crippen molar-refractivity contribution >= 4 is 11.7 Å². The van der Waals surface area contributed by atoms with Crippen LogP contribution in [0.2, 0.25) is 0 Å². The van der Waals surface area contributed by atoms with Crippen LogP contribution in [0, 0.1) is 0 Å². The summed E-state index contributed by atoms with van der Waals surface area (Å²) in [4.78, 5) is 23.4. The third-order valence-corrected chi connectivity index (χ3v) is 8.40. The van der Waals surface area contributed by atoms with Gasteiger partial charge in [0, 0.05) is 63.1 Å². The molecule has 1 aromatic carbocycles. The average Bonchev–Trinajstić information content (AvgIpc) is 2.94. The highest BCUT2D eigenvalue weighted by Gasteiger charge is 2.33. The van der Waals surface area contributed by atoms with Crippen LogP contribution in [0.5, 0.6) is 5.75 Å². The number of nitrogens with zero attached hydrogens (tertiary/aromatic N) is 4. The summed E-state index contributed by atoms with van der Waals surface area (Å²) in [6, 6.07) is 3.60. The number of carbonyl (C=O) groups excluding carboxylic acids is 1. The largest absolute Gasteiger partial charge is 0.507 e. The van der Waals surface area contributed by atoms with E-state index >= 15 is 0 Å². The van der Waals surface area contributed by atoms with Gasteiger partial charge in [-0.3, -0.25) is 9.89 Å². The first-order chi connectivity index (χ1) is 19.5. The van der Waals surface area contributed by atoms with Crippen LogP contribution >= 0.6 is 0 Å². The normalized spacial score (nSPS) is 22.6. The van der Waals surface area contributed by atoms with Crippen molar-refractivity contribution in [1.29, 1.82) is 0 Å². The fourth-order valence-corrected chi connectivity index (χ4v) is 6.19. The molecular weight excluding hydrogens is 535 g/mol. The highest BCUT2D eigenvalue weighted by Crippen LogP contribution is 2.33. The van der Waals surface area contributed by atoms with Gasteiger partial charge in [-0.2, -0.15) is 13.2 Å². The zero-order valence-corrected chi connectivity index (χ0v) is 24.0. The molecule has 3 aliphatic heterocycles. The number of halogens is 3. The summed E-state index contributed by atoms with van der Waals surface area (Å²) in [5, 5.41) is 23.5. The number of nitrogens with one attached hydrogen (secondary N) is 1. The van der Waals surface area contributed by atoms with Gasteiger partial charge < -0.3 is 25.3 Å². The Bertz CT molecular complexity index is 1150. The molecule has 3 aliphatic rings. The number of urea groups is 1. The number of aliphatic hydroxyl groups is 1. The molecule has 3 saturated heterocycles. The van der Waals surface area contributed by atoms with Crippen molar-refractivity contribution in [2.45, 2.75) is 69.8 Å². The zero-order valence-electron chi connectivity index (χ0n) is 24.0. The maximum atomic E-state index is 13.0. The van der Waals surface area contributed by atoms with Gasteiger partial charge in [0.05, 0.1) is 17.4 Å². The number of carbonyl (C=O) groups is 1. The van der Waals surface area contributed by atoms with Gasteiger partial charge in [0.2, 0.25) is 0 Å². The number of hydrogen-bond acceptors (Lipinski definition) is 6. The summed E-state index contributed by atoms with van der Waals surface area (Å²) in [6.07, 6.45) is 2.17. The van der Waals surface area contributed by atoms with E-state index in [1.807, 2.05) is 15.9 Å². The third kappa shape index (κ3) is 7.82. The van der Waals surface area contributed by atoms with E-state index in [-0.39, 0.29) is 23.7 Å². The molecule has 3 N–H and O–H groups in total. The predicted molar refractivity (Wildman–Crippen MR) is 153 cm³/mol. The molecule has 0 spiro atoms. The molecule has 1 aromatic rings. The van der Waals surface area contributed by atoms with E-state index in [4.69, 9.17) is 0 Å². The minimum atomic E-state index is -4.54. The van der Waals surface area contributed by atoms with E-state index in [1.54, 1.807) is 6.92 Å². The van der Waals surface area contributed by atoms with Crippen molar-refractivity contribution in [1.82, 2.24) is 20.0 Å². The van der Waals surface area contributed by atoms with E-state index in [2.05, 4.69) is 21.8 Å². The van der Waals surface area contributed by atoms with Gasteiger partial charge in [-0.15, -0.1) is 0 Å². The minimum absolute atomic E-state index is 0.0894. The molecule has 3 heterocycles. The second kappa shape index (κ2) is 13.3. The highest BCUT2D eigenvalue weighted by molar-refractivity contribution is 6.14. The van der Waals surface area contributed by atoms with Gasteiger partial charge in [-0.05, 0) is 81.8 Å². The van der Waals surface area contributed by atoms with E-state index in [0.29, 0.717) is 49.0 Å². The molecule has 41 heavy (non-hydrogen) atoms. The Morgan fingerprint density at radius 3 is 2.29 bits per heavy atom. The Morgan fingerprint density at radius 1 is 1.07 bits per heavy atom. The number of likely N-dealkylation sites (tertiary alicyclic amines) is 3. The topological polar surface area (TPSA) is 91.6 Å². The number of phenols is 1. The van der Waals surface area contributed by atoms with Crippen LogP contribution in [-0.2, 0) is 6.18 Å². The van der Waals surface area contributed by atoms with Gasteiger partial charge in [0.1, 0.15) is 5.75 Å². The molecule has 1 unspecified atom stereocenters. The van der Waals surface area contributed by atoms with Gasteiger partial charge in [0.25, 0.3) is 0 Å². The van der Waals surface area contributed by atoms with Gasteiger partial charge >= 0.3 is 12.2 Å². The SMILES string of the molecule is C=C(/C=C(/C)C(=NC)c1ccc(C(F)(F)F)cc1O)NC1CCCN(C2CCN(C(=O)N3CCC(O)CC3)CC2)C1. The van der Waals surface area contributed by atoms with Crippen LogP contribution in [-0.4, -0.2) is 101 Å². The average molecular weight is 578 g/mol. The standard InChI is InChI=1S/C30H42F3N5O3/c1-20(28(34-3)26-7-6-22(18-27(26)40)30(31,32)33)17-21(2)35-23-5-4-12-38(19-23)24-8-13-36(14-9-24)29(41)37-15-10-25(39)11-16-37/h6-7,17-18,23-25,35,39-40H,2,4-5,8-16,19H2,1,3H3/b20-17-,34-28?. The van der Waals surface area contributed by atoms with Crippen LogP contribution in [0.1, 0.15) is 56.6 Å². The smallest absolute Gasteiger partial charge is 0.416 e. The van der Waals surface area contributed by atoms with Crippen LogP contribution in [0.3, 0.4) is 0 Å². The predicted octanol–water partition coefficient (Wildman–Crippen LogP) is 4.39. The number of amides is 2. The number of rotatable bonds is 6. The summed E-state index contributed by atoms with van der Waals surface area (Å²) in [5.41, 5.74) is 1.06. The fourth-order valence-electron chi connectivity index (χ4n) is 6.19. The minimum Gasteiger partial charge on any atom is -0.507 e. The Balaban J connectivity index is 1.29. The number of benzene rings is 1. The number of alkyl halides is 3. The molecule has 0 aliphatic carbocycles. The Morgan fingerprint density at radius 2 is 1.71 bits per heavy atom. The van der Waals surface area contributed by atoms with Crippen molar-refractivity contribution in [3.8, 4) is 5.75 Å². The van der Waals surface area contributed by atoms with E-state index < -0.39 is 17.5 Å². The summed E-state index contributed by atoms with van der Waals surface area (Å²) in [7, 11) is 1.54. The number of allylic oxidation sites excluding steroid dienone is 2. The molecule has 8 nitrogen and oxygen atoms in total. The summed E-state index contributed by atoms with van der Waals surface area (Å²) in [5.74, 6) is -0.475. The van der Waals surface area contributed by atoms with Gasteiger partial charge in [0.15, 0.2) is 0 Å². The summed E-state index contributed by atoms with van der Waals surface area (Å²) in [6.45, 7) is 10.5. The molecule has 1 atom stereocenters. The number of aliphatic imine (C=N–C) groups is 1. The van der Waals surface area contributed by atoms with Crippen molar-refractivity contribution in [2.75, 3.05) is 46.3 Å². The number of hydrogen-bond donors (Lipinski definition) is 3. The lowest BCUT2D eigenvalue weighted by Gasteiger charge is -2.43. The fraction of sp³-hybridized carbons (Fsp3) is 0.600. The Labute approximate surface area is 240 Å². The molecule has 0 saturated carbocycles.